The van der Waals surface area contributed by atoms with Gasteiger partial charge in [-0.3, -0.25) is 4.79 Å². The highest BCUT2D eigenvalue weighted by molar-refractivity contribution is 5.89. The van der Waals surface area contributed by atoms with Gasteiger partial charge in [0.05, 0.1) is 17.6 Å². The standard InChI is InChI=1S/C22H27N3O3/c1-24(2)21(26)17-7-3-5-15(11-17)16-6-4-8-18(12-16)25-20(14-9-10-14)19(13-23-25)22(27)28/h4,6,8,12-15,17H,3,5,7,9-11H2,1-2H3,(H,27,28)/t15-,17?/m1/s1. The van der Waals surface area contributed by atoms with Crippen molar-refractivity contribution >= 4 is 11.9 Å². The molecular formula is C22H27N3O3. The largest absolute Gasteiger partial charge is 0.478 e. The zero-order valence-corrected chi connectivity index (χ0v) is 16.5. The maximum atomic E-state index is 12.4. The molecule has 1 aromatic carbocycles. The number of aromatic nitrogens is 2. The summed E-state index contributed by atoms with van der Waals surface area (Å²) in [5.41, 5.74) is 3.24. The fourth-order valence-electron chi connectivity index (χ4n) is 4.47. The predicted octanol–water partition coefficient (Wildman–Crippen LogP) is 3.81. The zero-order valence-electron chi connectivity index (χ0n) is 16.5. The van der Waals surface area contributed by atoms with E-state index in [9.17, 15) is 14.7 Å². The molecule has 2 atom stereocenters. The predicted molar refractivity (Wildman–Crippen MR) is 106 cm³/mol. The molecule has 2 fully saturated rings. The van der Waals surface area contributed by atoms with Crippen molar-refractivity contribution in [1.29, 1.82) is 0 Å². The summed E-state index contributed by atoms with van der Waals surface area (Å²) < 4.78 is 1.80. The molecule has 6 nitrogen and oxygen atoms in total. The minimum absolute atomic E-state index is 0.0859. The van der Waals surface area contributed by atoms with Gasteiger partial charge in [-0.15, -0.1) is 0 Å². The molecule has 1 amide bonds. The molecule has 1 unspecified atom stereocenters. The van der Waals surface area contributed by atoms with Gasteiger partial charge < -0.3 is 10.0 Å². The summed E-state index contributed by atoms with van der Waals surface area (Å²) in [5.74, 6) is 0.0231. The van der Waals surface area contributed by atoms with Crippen LogP contribution < -0.4 is 0 Å². The maximum absolute atomic E-state index is 12.4. The topological polar surface area (TPSA) is 75.4 Å². The Morgan fingerprint density at radius 3 is 2.61 bits per heavy atom. The molecule has 6 heteroatoms. The number of carboxylic acid groups (broad SMARTS) is 1. The number of nitrogens with zero attached hydrogens (tertiary/aromatic N) is 3. The van der Waals surface area contributed by atoms with E-state index >= 15 is 0 Å². The number of carbonyl (C=O) groups excluding carboxylic acids is 1. The highest BCUT2D eigenvalue weighted by Crippen LogP contribution is 2.43. The summed E-state index contributed by atoms with van der Waals surface area (Å²) in [6.07, 6.45) is 7.46. The molecule has 2 saturated carbocycles. The molecule has 0 bridgehead atoms. The van der Waals surface area contributed by atoms with Gasteiger partial charge in [0, 0.05) is 25.9 Å². The first-order valence-corrected chi connectivity index (χ1v) is 10.1. The Hall–Kier alpha value is -2.63. The first-order chi connectivity index (χ1) is 13.5. The van der Waals surface area contributed by atoms with Crippen molar-refractivity contribution in [2.75, 3.05) is 14.1 Å². The van der Waals surface area contributed by atoms with Crippen LogP contribution >= 0.6 is 0 Å². The number of carboxylic acids is 1. The van der Waals surface area contributed by atoms with E-state index in [0.29, 0.717) is 11.5 Å². The van der Waals surface area contributed by atoms with Crippen molar-refractivity contribution in [3.05, 3.63) is 47.3 Å². The third kappa shape index (κ3) is 3.55. The van der Waals surface area contributed by atoms with E-state index in [1.807, 2.05) is 26.2 Å². The molecule has 0 aliphatic heterocycles. The number of amides is 1. The summed E-state index contributed by atoms with van der Waals surface area (Å²) in [6.45, 7) is 0. The molecule has 28 heavy (non-hydrogen) atoms. The van der Waals surface area contributed by atoms with Gasteiger partial charge in [-0.25, -0.2) is 9.48 Å². The Kier molecular flexibility index (Phi) is 4.96. The number of carbonyl (C=O) groups is 2. The van der Waals surface area contributed by atoms with Crippen LogP contribution in [0.25, 0.3) is 5.69 Å². The fourth-order valence-corrected chi connectivity index (χ4v) is 4.47. The third-order valence-electron chi connectivity index (χ3n) is 6.05. The molecule has 148 valence electrons. The molecule has 2 aromatic rings. The Morgan fingerprint density at radius 2 is 1.93 bits per heavy atom. The van der Waals surface area contributed by atoms with Gasteiger partial charge in [0.25, 0.3) is 0 Å². The summed E-state index contributed by atoms with van der Waals surface area (Å²) >= 11 is 0. The van der Waals surface area contributed by atoms with Crippen LogP contribution in [0.3, 0.4) is 0 Å². The average molecular weight is 381 g/mol. The highest BCUT2D eigenvalue weighted by atomic mass is 16.4. The maximum Gasteiger partial charge on any atom is 0.339 e. The lowest BCUT2D eigenvalue weighted by Crippen LogP contribution is -2.32. The van der Waals surface area contributed by atoms with Crippen molar-refractivity contribution < 1.29 is 14.7 Å². The molecule has 0 radical (unpaired) electrons. The van der Waals surface area contributed by atoms with Crippen LogP contribution in [0.4, 0.5) is 0 Å². The van der Waals surface area contributed by atoms with Gasteiger partial charge in [-0.1, -0.05) is 18.6 Å². The quantitative estimate of drug-likeness (QED) is 0.854. The number of benzene rings is 1. The SMILES string of the molecule is CN(C)C(=O)C1CCC[C@@H](c2cccc(-n3ncc(C(=O)O)c3C3CC3)c2)C1. The van der Waals surface area contributed by atoms with Gasteiger partial charge >= 0.3 is 5.97 Å². The van der Waals surface area contributed by atoms with Crippen molar-refractivity contribution in [3.8, 4) is 5.69 Å². The summed E-state index contributed by atoms with van der Waals surface area (Å²) in [4.78, 5) is 25.7. The molecule has 2 aliphatic carbocycles. The molecule has 0 spiro atoms. The van der Waals surface area contributed by atoms with E-state index in [-0.39, 0.29) is 17.7 Å². The van der Waals surface area contributed by atoms with Gasteiger partial charge in [0.1, 0.15) is 5.56 Å². The van der Waals surface area contributed by atoms with E-state index in [0.717, 1.165) is 49.9 Å². The summed E-state index contributed by atoms with van der Waals surface area (Å²) in [7, 11) is 3.65. The lowest BCUT2D eigenvalue weighted by Gasteiger charge is -2.30. The molecule has 2 aliphatic rings. The second-order valence-electron chi connectivity index (χ2n) is 8.32. The lowest BCUT2D eigenvalue weighted by molar-refractivity contribution is -0.134. The molecule has 1 N–H and O–H groups in total. The van der Waals surface area contributed by atoms with E-state index < -0.39 is 5.97 Å². The molecule has 4 rings (SSSR count). The third-order valence-corrected chi connectivity index (χ3v) is 6.05. The normalized spacial score (nSPS) is 22.1. The van der Waals surface area contributed by atoms with E-state index in [2.05, 4.69) is 17.2 Å². The van der Waals surface area contributed by atoms with Crippen LogP contribution in [-0.4, -0.2) is 45.8 Å². The highest BCUT2D eigenvalue weighted by Gasteiger charge is 2.33. The number of hydrogen-bond acceptors (Lipinski definition) is 3. The monoisotopic (exact) mass is 381 g/mol. The minimum Gasteiger partial charge on any atom is -0.478 e. The van der Waals surface area contributed by atoms with Gasteiger partial charge in [0.2, 0.25) is 5.91 Å². The Labute approximate surface area is 165 Å². The van der Waals surface area contributed by atoms with Crippen LogP contribution in [0.15, 0.2) is 30.5 Å². The van der Waals surface area contributed by atoms with E-state index in [4.69, 9.17) is 0 Å². The van der Waals surface area contributed by atoms with Crippen LogP contribution in [0.5, 0.6) is 0 Å². The molecule has 1 heterocycles. The molecule has 1 aromatic heterocycles. The Bertz CT molecular complexity index is 898. The van der Waals surface area contributed by atoms with Gasteiger partial charge in [-0.05, 0) is 55.7 Å². The second kappa shape index (κ2) is 7.41. The number of hydrogen-bond donors (Lipinski definition) is 1. The van der Waals surface area contributed by atoms with Crippen molar-refractivity contribution in [2.24, 2.45) is 5.92 Å². The van der Waals surface area contributed by atoms with Crippen LogP contribution in [0, 0.1) is 5.92 Å². The van der Waals surface area contributed by atoms with Crippen molar-refractivity contribution in [3.63, 3.8) is 0 Å². The van der Waals surface area contributed by atoms with Crippen LogP contribution in [0.1, 0.15) is 72.0 Å². The fraction of sp³-hybridized carbons (Fsp3) is 0.500. The number of aromatic carboxylic acids is 1. The summed E-state index contributed by atoms with van der Waals surface area (Å²) in [6, 6.07) is 8.24. The Morgan fingerprint density at radius 1 is 1.14 bits per heavy atom. The van der Waals surface area contributed by atoms with Crippen molar-refractivity contribution in [2.45, 2.75) is 50.4 Å². The van der Waals surface area contributed by atoms with Gasteiger partial charge in [0.15, 0.2) is 0 Å². The second-order valence-corrected chi connectivity index (χ2v) is 8.32. The average Bonchev–Trinajstić information content (AvgIpc) is 3.44. The first-order valence-electron chi connectivity index (χ1n) is 10.1. The van der Waals surface area contributed by atoms with E-state index in [1.54, 1.807) is 9.58 Å². The Balaban J connectivity index is 1.62. The summed E-state index contributed by atoms with van der Waals surface area (Å²) in [5, 5.41) is 13.9. The molecule has 0 saturated heterocycles. The lowest BCUT2D eigenvalue weighted by atomic mass is 9.77. The van der Waals surface area contributed by atoms with Crippen LogP contribution in [0.2, 0.25) is 0 Å². The number of rotatable bonds is 5. The minimum atomic E-state index is -0.915. The van der Waals surface area contributed by atoms with E-state index in [1.165, 1.54) is 11.8 Å². The molecular weight excluding hydrogens is 354 g/mol. The smallest absolute Gasteiger partial charge is 0.339 e. The van der Waals surface area contributed by atoms with Crippen molar-refractivity contribution in [1.82, 2.24) is 14.7 Å². The first kappa shape index (κ1) is 18.7. The zero-order chi connectivity index (χ0) is 19.8. The van der Waals surface area contributed by atoms with Gasteiger partial charge in [-0.2, -0.15) is 5.10 Å². The van der Waals surface area contributed by atoms with Crippen LogP contribution in [-0.2, 0) is 4.79 Å².